The summed E-state index contributed by atoms with van der Waals surface area (Å²) in [6.07, 6.45) is 1.62. The first kappa shape index (κ1) is 13.9. The topological polar surface area (TPSA) is 76.1 Å². The van der Waals surface area contributed by atoms with Gasteiger partial charge in [-0.2, -0.15) is 0 Å². The number of carbonyl (C=O) groups is 1. The van der Waals surface area contributed by atoms with Crippen LogP contribution in [0.25, 0.3) is 0 Å². The van der Waals surface area contributed by atoms with Crippen molar-refractivity contribution in [2.45, 2.75) is 25.8 Å². The van der Waals surface area contributed by atoms with E-state index in [-0.39, 0.29) is 5.97 Å². The van der Waals surface area contributed by atoms with Crippen LogP contribution >= 0.6 is 23.8 Å². The summed E-state index contributed by atoms with van der Waals surface area (Å²) < 4.78 is 8.69. The molecule has 1 aliphatic heterocycles. The fraction of sp³-hybridized carbons (Fsp3) is 0.455. The second kappa shape index (κ2) is 6.07. The number of carbonyl (C=O) groups excluding carboxylic acids is 1. The molecule has 1 unspecified atom stereocenters. The van der Waals surface area contributed by atoms with Crippen molar-refractivity contribution in [2.75, 3.05) is 7.11 Å². The quantitative estimate of drug-likeness (QED) is 0.640. The summed E-state index contributed by atoms with van der Waals surface area (Å²) in [6, 6.07) is -0.401. The van der Waals surface area contributed by atoms with E-state index in [1.807, 2.05) is 6.92 Å². The van der Waals surface area contributed by atoms with Gasteiger partial charge in [-0.1, -0.05) is 17.8 Å². The van der Waals surface area contributed by atoms with E-state index in [9.17, 15) is 4.79 Å². The maximum atomic E-state index is 12.0. The highest BCUT2D eigenvalue weighted by atomic mass is 32.1. The van der Waals surface area contributed by atoms with Crippen molar-refractivity contribution in [1.29, 1.82) is 0 Å². The molecular formula is C11H14N4O2S2. The number of allylic oxidation sites excluding steroid dienone is 1. The number of rotatable bonds is 4. The van der Waals surface area contributed by atoms with Crippen LogP contribution in [0.3, 0.4) is 0 Å². The number of thiocarbonyl (C=S) groups is 1. The van der Waals surface area contributed by atoms with Crippen LogP contribution in [0.2, 0.25) is 0 Å². The van der Waals surface area contributed by atoms with Gasteiger partial charge >= 0.3 is 5.97 Å². The molecule has 2 rings (SSSR count). The highest BCUT2D eigenvalue weighted by Gasteiger charge is 2.33. The molecule has 2 N–H and O–H groups in total. The van der Waals surface area contributed by atoms with Crippen LogP contribution < -0.4 is 10.6 Å². The maximum absolute atomic E-state index is 12.0. The SMILES string of the molecule is CCCC1=C(C(=O)OC)C(c2csnn2)NC(=S)N1. The zero-order chi connectivity index (χ0) is 13.8. The molecule has 1 aromatic heterocycles. The zero-order valence-corrected chi connectivity index (χ0v) is 12.2. The van der Waals surface area contributed by atoms with E-state index in [4.69, 9.17) is 17.0 Å². The number of methoxy groups -OCH3 is 1. The molecule has 8 heteroatoms. The Morgan fingerprint density at radius 3 is 3.00 bits per heavy atom. The number of aromatic nitrogens is 2. The Morgan fingerprint density at radius 2 is 2.42 bits per heavy atom. The molecule has 0 bridgehead atoms. The molecule has 0 aromatic carbocycles. The lowest BCUT2D eigenvalue weighted by atomic mass is 9.98. The molecule has 0 fully saturated rings. The number of hydrogen-bond donors (Lipinski definition) is 2. The molecule has 1 aliphatic rings. The summed E-state index contributed by atoms with van der Waals surface area (Å²) in [5, 5.41) is 12.4. The normalized spacial score (nSPS) is 18.8. The average Bonchev–Trinajstić information content (AvgIpc) is 2.91. The van der Waals surface area contributed by atoms with Crippen LogP contribution in [0.1, 0.15) is 31.5 Å². The third-order valence-electron chi connectivity index (χ3n) is 2.73. The standard InChI is InChI=1S/C11H14N4O2S2/c1-3-4-6-8(10(16)17-2)9(13-11(18)12-6)7-5-19-15-14-7/h5,9H,3-4H2,1-2H3,(H2,12,13,18). The van der Waals surface area contributed by atoms with Crippen LogP contribution in [0, 0.1) is 0 Å². The minimum atomic E-state index is -0.401. The Hall–Kier alpha value is -1.54. The van der Waals surface area contributed by atoms with Gasteiger partial charge in [0.2, 0.25) is 0 Å². The van der Waals surface area contributed by atoms with Gasteiger partial charge in [-0.25, -0.2) is 4.79 Å². The van der Waals surface area contributed by atoms with Gasteiger partial charge in [0.25, 0.3) is 0 Å². The van der Waals surface area contributed by atoms with E-state index < -0.39 is 6.04 Å². The summed E-state index contributed by atoms with van der Waals surface area (Å²) in [4.78, 5) is 12.0. The van der Waals surface area contributed by atoms with E-state index in [2.05, 4.69) is 20.2 Å². The first-order chi connectivity index (χ1) is 9.17. The third-order valence-corrected chi connectivity index (χ3v) is 3.47. The van der Waals surface area contributed by atoms with Crippen LogP contribution in [0.15, 0.2) is 16.7 Å². The van der Waals surface area contributed by atoms with Gasteiger partial charge in [-0.05, 0) is 30.2 Å². The van der Waals surface area contributed by atoms with Crippen molar-refractivity contribution in [1.82, 2.24) is 20.2 Å². The van der Waals surface area contributed by atoms with Crippen LogP contribution in [-0.4, -0.2) is 27.8 Å². The van der Waals surface area contributed by atoms with Crippen LogP contribution in [0.5, 0.6) is 0 Å². The van der Waals surface area contributed by atoms with Crippen molar-refractivity contribution >= 4 is 34.8 Å². The van der Waals surface area contributed by atoms with Gasteiger partial charge in [0, 0.05) is 11.1 Å². The average molecular weight is 298 g/mol. The number of esters is 1. The van der Waals surface area contributed by atoms with Crippen LogP contribution in [0.4, 0.5) is 0 Å². The lowest BCUT2D eigenvalue weighted by Gasteiger charge is -2.29. The van der Waals surface area contributed by atoms with Crippen molar-refractivity contribution in [2.24, 2.45) is 0 Å². The van der Waals surface area contributed by atoms with Gasteiger partial charge in [0.15, 0.2) is 5.11 Å². The summed E-state index contributed by atoms with van der Waals surface area (Å²) >= 11 is 6.40. The summed E-state index contributed by atoms with van der Waals surface area (Å²) in [5.74, 6) is -0.385. The van der Waals surface area contributed by atoms with E-state index >= 15 is 0 Å². The molecule has 0 saturated carbocycles. The zero-order valence-electron chi connectivity index (χ0n) is 10.6. The van der Waals surface area contributed by atoms with Gasteiger partial charge in [-0.15, -0.1) is 5.10 Å². The summed E-state index contributed by atoms with van der Waals surface area (Å²) in [6.45, 7) is 2.04. The Balaban J connectivity index is 2.46. The maximum Gasteiger partial charge on any atom is 0.338 e. The monoisotopic (exact) mass is 298 g/mol. The molecule has 0 amide bonds. The second-order valence-electron chi connectivity index (χ2n) is 4.00. The predicted molar refractivity (Wildman–Crippen MR) is 75.5 cm³/mol. The number of nitrogens with zero attached hydrogens (tertiary/aromatic N) is 2. The van der Waals surface area contributed by atoms with E-state index in [0.717, 1.165) is 18.5 Å². The molecular weight excluding hydrogens is 284 g/mol. The lowest BCUT2D eigenvalue weighted by molar-refractivity contribution is -0.136. The first-order valence-corrected chi connectivity index (χ1v) is 7.07. The summed E-state index contributed by atoms with van der Waals surface area (Å²) in [5.41, 5.74) is 1.98. The Morgan fingerprint density at radius 1 is 1.63 bits per heavy atom. The van der Waals surface area contributed by atoms with Gasteiger partial charge < -0.3 is 15.4 Å². The fourth-order valence-corrected chi connectivity index (χ4v) is 2.66. The van der Waals surface area contributed by atoms with Gasteiger partial charge in [-0.3, -0.25) is 0 Å². The molecule has 0 spiro atoms. The Bertz CT molecular complexity index is 513. The minimum absolute atomic E-state index is 0.385. The van der Waals surface area contributed by atoms with Gasteiger partial charge in [0.05, 0.1) is 12.7 Å². The van der Waals surface area contributed by atoms with E-state index in [1.54, 1.807) is 5.38 Å². The molecule has 1 atom stereocenters. The largest absolute Gasteiger partial charge is 0.466 e. The smallest absolute Gasteiger partial charge is 0.338 e. The number of ether oxygens (including phenoxy) is 1. The predicted octanol–water partition coefficient (Wildman–Crippen LogP) is 1.28. The molecule has 0 saturated heterocycles. The summed E-state index contributed by atoms with van der Waals surface area (Å²) in [7, 11) is 1.36. The van der Waals surface area contributed by atoms with Crippen molar-refractivity contribution in [3.63, 3.8) is 0 Å². The minimum Gasteiger partial charge on any atom is -0.466 e. The Labute approximate surface area is 120 Å². The molecule has 102 valence electrons. The number of nitrogens with one attached hydrogen (secondary N) is 2. The molecule has 0 aliphatic carbocycles. The van der Waals surface area contributed by atoms with Crippen molar-refractivity contribution < 1.29 is 9.53 Å². The van der Waals surface area contributed by atoms with E-state index in [1.165, 1.54) is 18.6 Å². The molecule has 6 nitrogen and oxygen atoms in total. The number of hydrogen-bond acceptors (Lipinski definition) is 6. The fourth-order valence-electron chi connectivity index (χ4n) is 1.94. The highest BCUT2D eigenvalue weighted by molar-refractivity contribution is 7.80. The van der Waals surface area contributed by atoms with E-state index in [0.29, 0.717) is 16.4 Å². The molecule has 0 radical (unpaired) electrons. The van der Waals surface area contributed by atoms with Crippen molar-refractivity contribution in [3.8, 4) is 0 Å². The van der Waals surface area contributed by atoms with Crippen molar-refractivity contribution in [3.05, 3.63) is 22.3 Å². The first-order valence-electron chi connectivity index (χ1n) is 5.83. The van der Waals surface area contributed by atoms with Gasteiger partial charge in [0.1, 0.15) is 11.7 Å². The third kappa shape index (κ3) is 2.90. The lowest BCUT2D eigenvalue weighted by Crippen LogP contribution is -2.45. The second-order valence-corrected chi connectivity index (χ2v) is 5.01. The molecule has 19 heavy (non-hydrogen) atoms. The highest BCUT2D eigenvalue weighted by Crippen LogP contribution is 2.28. The Kier molecular flexibility index (Phi) is 4.43. The molecule has 1 aromatic rings. The van der Waals surface area contributed by atoms with Crippen LogP contribution in [-0.2, 0) is 9.53 Å². The molecule has 2 heterocycles.